The molecule has 8 nitrogen and oxygen atoms in total. The smallest absolute Gasteiger partial charge is 0.337 e. The van der Waals surface area contributed by atoms with Crippen molar-refractivity contribution in [2.24, 2.45) is 0 Å². The second kappa shape index (κ2) is 6.49. The van der Waals surface area contributed by atoms with Crippen LogP contribution >= 0.6 is 0 Å². The van der Waals surface area contributed by atoms with Crippen LogP contribution in [0.15, 0.2) is 42.5 Å². The molecule has 8 heteroatoms. The first-order valence-electron chi connectivity index (χ1n) is 8.28. The first-order valence-corrected chi connectivity index (χ1v) is 8.28. The van der Waals surface area contributed by atoms with Gasteiger partial charge in [-0.25, -0.2) is 4.79 Å². The number of hydrogen-bond donors (Lipinski definition) is 2. The van der Waals surface area contributed by atoms with Crippen molar-refractivity contribution < 1.29 is 28.6 Å². The molecule has 27 heavy (non-hydrogen) atoms. The van der Waals surface area contributed by atoms with Gasteiger partial charge in [-0.2, -0.15) is 0 Å². The highest BCUT2D eigenvalue weighted by atomic mass is 16.7. The van der Waals surface area contributed by atoms with Crippen molar-refractivity contribution in [3.05, 3.63) is 59.2 Å². The number of hydrogen-bond acceptors (Lipinski definition) is 6. The Morgan fingerprint density at radius 2 is 1.81 bits per heavy atom. The average molecular weight is 368 g/mol. The van der Waals surface area contributed by atoms with Crippen molar-refractivity contribution in [1.82, 2.24) is 0 Å². The molecule has 0 bridgehead atoms. The SMILES string of the molecule is COC(=O)c1cc(NC(=O)c2ccccc2)c2c(c1)C1(OCCO1)C(=O)N2. The average Bonchev–Trinajstić information content (AvgIpc) is 3.29. The predicted octanol–water partition coefficient (Wildman–Crippen LogP) is 1.88. The van der Waals surface area contributed by atoms with Crippen LogP contribution in [0.5, 0.6) is 0 Å². The van der Waals surface area contributed by atoms with Gasteiger partial charge in [-0.1, -0.05) is 18.2 Å². The zero-order chi connectivity index (χ0) is 19.0. The molecule has 2 aromatic carbocycles. The fraction of sp³-hybridized carbons (Fsp3) is 0.211. The Morgan fingerprint density at radius 1 is 1.11 bits per heavy atom. The number of carbonyl (C=O) groups is 3. The topological polar surface area (TPSA) is 103 Å². The molecule has 1 spiro atoms. The molecule has 2 aromatic rings. The maximum atomic E-state index is 12.6. The van der Waals surface area contributed by atoms with Crippen LogP contribution in [0.1, 0.15) is 26.3 Å². The van der Waals surface area contributed by atoms with Crippen molar-refractivity contribution in [2.75, 3.05) is 31.0 Å². The number of carbonyl (C=O) groups excluding carboxylic acids is 3. The van der Waals surface area contributed by atoms with Crippen LogP contribution in [0.4, 0.5) is 11.4 Å². The maximum absolute atomic E-state index is 12.6. The zero-order valence-corrected chi connectivity index (χ0v) is 14.4. The van der Waals surface area contributed by atoms with Crippen molar-refractivity contribution in [3.8, 4) is 0 Å². The molecule has 0 unspecified atom stereocenters. The number of rotatable bonds is 3. The van der Waals surface area contributed by atoms with Crippen LogP contribution in [-0.2, 0) is 24.8 Å². The van der Waals surface area contributed by atoms with Crippen LogP contribution in [0, 0.1) is 0 Å². The molecule has 2 aliphatic rings. The minimum absolute atomic E-state index is 0.162. The van der Waals surface area contributed by atoms with Gasteiger partial charge in [-0.15, -0.1) is 0 Å². The van der Waals surface area contributed by atoms with Gasteiger partial charge < -0.3 is 24.8 Å². The molecule has 0 aliphatic carbocycles. The second-order valence-corrected chi connectivity index (χ2v) is 6.03. The van der Waals surface area contributed by atoms with Gasteiger partial charge in [0.25, 0.3) is 17.6 Å². The third-order valence-electron chi connectivity index (χ3n) is 4.43. The molecule has 2 heterocycles. The van der Waals surface area contributed by atoms with Gasteiger partial charge in [-0.05, 0) is 24.3 Å². The van der Waals surface area contributed by atoms with Crippen molar-refractivity contribution in [2.45, 2.75) is 5.79 Å². The molecule has 2 N–H and O–H groups in total. The largest absolute Gasteiger partial charge is 0.465 e. The highest BCUT2D eigenvalue weighted by Crippen LogP contribution is 2.46. The van der Waals surface area contributed by atoms with E-state index in [1.807, 2.05) is 0 Å². The van der Waals surface area contributed by atoms with E-state index in [4.69, 9.17) is 14.2 Å². The van der Waals surface area contributed by atoms with Gasteiger partial charge in [-0.3, -0.25) is 9.59 Å². The number of nitrogens with one attached hydrogen (secondary N) is 2. The van der Waals surface area contributed by atoms with Gasteiger partial charge in [0.05, 0.1) is 37.3 Å². The molecule has 1 saturated heterocycles. The fourth-order valence-corrected chi connectivity index (χ4v) is 3.17. The van der Waals surface area contributed by atoms with E-state index in [9.17, 15) is 14.4 Å². The molecule has 0 aromatic heterocycles. The number of fused-ring (bicyclic) bond motifs is 2. The van der Waals surface area contributed by atoms with E-state index in [0.29, 0.717) is 16.8 Å². The molecule has 138 valence electrons. The number of amides is 2. The number of esters is 1. The predicted molar refractivity (Wildman–Crippen MR) is 94.4 cm³/mol. The fourth-order valence-electron chi connectivity index (χ4n) is 3.17. The zero-order valence-electron chi connectivity index (χ0n) is 14.4. The van der Waals surface area contributed by atoms with Gasteiger partial charge in [0.1, 0.15) is 0 Å². The Morgan fingerprint density at radius 3 is 2.48 bits per heavy atom. The van der Waals surface area contributed by atoms with Gasteiger partial charge in [0.2, 0.25) is 0 Å². The minimum Gasteiger partial charge on any atom is -0.465 e. The van der Waals surface area contributed by atoms with Crippen LogP contribution < -0.4 is 10.6 Å². The van der Waals surface area contributed by atoms with Crippen LogP contribution in [0.2, 0.25) is 0 Å². The first kappa shape index (κ1) is 17.2. The Bertz CT molecular complexity index is 935. The molecule has 4 rings (SSSR count). The lowest BCUT2D eigenvalue weighted by Crippen LogP contribution is -2.35. The summed E-state index contributed by atoms with van der Waals surface area (Å²) >= 11 is 0. The lowest BCUT2D eigenvalue weighted by Gasteiger charge is -2.20. The molecule has 0 radical (unpaired) electrons. The quantitative estimate of drug-likeness (QED) is 0.802. The normalized spacial score (nSPS) is 16.7. The van der Waals surface area contributed by atoms with E-state index in [2.05, 4.69) is 10.6 Å². The number of ether oxygens (including phenoxy) is 3. The van der Waals surface area contributed by atoms with E-state index in [1.165, 1.54) is 19.2 Å². The van der Waals surface area contributed by atoms with Crippen molar-refractivity contribution >= 4 is 29.2 Å². The summed E-state index contributed by atoms with van der Waals surface area (Å²) in [6.07, 6.45) is 0. The Kier molecular flexibility index (Phi) is 4.14. The van der Waals surface area contributed by atoms with Gasteiger partial charge in [0.15, 0.2) is 0 Å². The number of anilines is 2. The summed E-state index contributed by atoms with van der Waals surface area (Å²) in [5.74, 6) is -3.12. The van der Waals surface area contributed by atoms with E-state index in [1.54, 1.807) is 30.3 Å². The number of benzene rings is 2. The lowest BCUT2D eigenvalue weighted by atomic mass is 10.0. The Labute approximate surface area is 154 Å². The lowest BCUT2D eigenvalue weighted by molar-refractivity contribution is -0.178. The van der Waals surface area contributed by atoms with Crippen LogP contribution in [-0.4, -0.2) is 38.1 Å². The maximum Gasteiger partial charge on any atom is 0.337 e. The standard InChI is InChI=1S/C19H16N2O6/c1-25-17(23)12-9-13-15(21-18(24)19(13)26-7-8-27-19)14(10-12)20-16(22)11-5-3-2-4-6-11/h2-6,9-10H,7-8H2,1H3,(H,20,22)(H,21,24). The number of methoxy groups -OCH3 is 1. The second-order valence-electron chi connectivity index (χ2n) is 6.03. The third-order valence-corrected chi connectivity index (χ3v) is 4.43. The van der Waals surface area contributed by atoms with Gasteiger partial charge >= 0.3 is 5.97 Å². The molecular formula is C19H16N2O6. The summed E-state index contributed by atoms with van der Waals surface area (Å²) in [6.45, 7) is 0.474. The van der Waals surface area contributed by atoms with E-state index < -0.39 is 17.7 Å². The Hall–Kier alpha value is -3.23. The summed E-state index contributed by atoms with van der Waals surface area (Å²) in [4.78, 5) is 37.2. The highest BCUT2D eigenvalue weighted by molar-refractivity contribution is 6.13. The molecular weight excluding hydrogens is 352 g/mol. The van der Waals surface area contributed by atoms with Crippen LogP contribution in [0.25, 0.3) is 0 Å². The molecule has 2 amide bonds. The van der Waals surface area contributed by atoms with Crippen LogP contribution in [0.3, 0.4) is 0 Å². The summed E-state index contributed by atoms with van der Waals surface area (Å²) < 4.78 is 15.9. The molecule has 0 atom stereocenters. The molecule has 0 saturated carbocycles. The third kappa shape index (κ3) is 2.75. The first-order chi connectivity index (χ1) is 13.0. The van der Waals surface area contributed by atoms with E-state index in [-0.39, 0.29) is 30.4 Å². The highest BCUT2D eigenvalue weighted by Gasteiger charge is 2.53. The van der Waals surface area contributed by atoms with Crippen molar-refractivity contribution in [3.63, 3.8) is 0 Å². The van der Waals surface area contributed by atoms with Crippen molar-refractivity contribution in [1.29, 1.82) is 0 Å². The monoisotopic (exact) mass is 368 g/mol. The van der Waals surface area contributed by atoms with Gasteiger partial charge in [0, 0.05) is 11.1 Å². The summed E-state index contributed by atoms with van der Waals surface area (Å²) in [5.41, 5.74) is 1.51. The summed E-state index contributed by atoms with van der Waals surface area (Å²) in [7, 11) is 1.25. The summed E-state index contributed by atoms with van der Waals surface area (Å²) in [5, 5.41) is 5.42. The molecule has 1 fully saturated rings. The minimum atomic E-state index is -1.62. The summed E-state index contributed by atoms with van der Waals surface area (Å²) in [6, 6.07) is 11.5. The Balaban J connectivity index is 1.80. The molecule has 2 aliphatic heterocycles. The van der Waals surface area contributed by atoms with E-state index >= 15 is 0 Å². The van der Waals surface area contributed by atoms with E-state index in [0.717, 1.165) is 0 Å².